The zero-order chi connectivity index (χ0) is 21.1. The molecular weight excluding hydrogens is 385 g/mol. The van der Waals surface area contributed by atoms with Crippen LogP contribution in [0.2, 0.25) is 0 Å². The number of piperidine rings is 1. The first kappa shape index (κ1) is 20.8. The summed E-state index contributed by atoms with van der Waals surface area (Å²) in [5.74, 6) is -0.902. The third-order valence-corrected chi connectivity index (χ3v) is 6.78. The minimum absolute atomic E-state index is 0.00757. The van der Waals surface area contributed by atoms with Crippen LogP contribution in [-0.4, -0.2) is 64.6 Å². The quantitative estimate of drug-likeness (QED) is 0.710. The first-order valence-corrected chi connectivity index (χ1v) is 11.2. The molecule has 3 amide bonds. The minimum Gasteiger partial charge on any atom is -0.342 e. The maximum Gasteiger partial charge on any atom is 0.312 e. The van der Waals surface area contributed by atoms with Gasteiger partial charge in [-0.1, -0.05) is 31.4 Å². The number of halogens is 1. The summed E-state index contributed by atoms with van der Waals surface area (Å²) in [4.78, 5) is 43.2. The summed E-state index contributed by atoms with van der Waals surface area (Å²) in [6.45, 7) is 2.49. The lowest BCUT2D eigenvalue weighted by Gasteiger charge is -2.42. The summed E-state index contributed by atoms with van der Waals surface area (Å²) in [5.41, 5.74) is 0.680. The Hall–Kier alpha value is -2.44. The second-order valence-corrected chi connectivity index (χ2v) is 8.75. The van der Waals surface area contributed by atoms with Gasteiger partial charge in [-0.25, -0.2) is 4.39 Å². The summed E-state index contributed by atoms with van der Waals surface area (Å²) < 4.78 is 13.4. The summed E-state index contributed by atoms with van der Waals surface area (Å²) in [6.07, 6.45) is 6.96. The van der Waals surface area contributed by atoms with E-state index in [1.807, 2.05) is 4.90 Å². The lowest BCUT2D eigenvalue weighted by Crippen LogP contribution is -2.59. The molecule has 0 radical (unpaired) electrons. The average Bonchev–Trinajstić information content (AvgIpc) is 2.77. The first-order chi connectivity index (χ1) is 14.5. The standard InChI is InChI=1S/C23H30FN3O3/c24-19-8-4-5-17(15-19)16-26-13-14-27(23(30)22(26)29)20-9-11-25(12-10-20)21(28)18-6-2-1-3-7-18/h4-5,8,15,18,20H,1-3,6-7,9-14,16H2. The van der Waals surface area contributed by atoms with Crippen LogP contribution in [0, 0.1) is 11.7 Å². The number of benzene rings is 1. The smallest absolute Gasteiger partial charge is 0.312 e. The van der Waals surface area contributed by atoms with Crippen molar-refractivity contribution in [2.75, 3.05) is 26.2 Å². The molecule has 3 aliphatic rings. The monoisotopic (exact) mass is 415 g/mol. The van der Waals surface area contributed by atoms with Gasteiger partial charge in [0.1, 0.15) is 5.82 Å². The molecule has 0 unspecified atom stereocenters. The lowest BCUT2D eigenvalue weighted by atomic mass is 9.87. The average molecular weight is 416 g/mol. The number of amides is 3. The minimum atomic E-state index is -0.522. The highest BCUT2D eigenvalue weighted by atomic mass is 19.1. The highest BCUT2D eigenvalue weighted by molar-refractivity contribution is 6.35. The van der Waals surface area contributed by atoms with Gasteiger partial charge < -0.3 is 14.7 Å². The van der Waals surface area contributed by atoms with Crippen LogP contribution in [0.5, 0.6) is 0 Å². The van der Waals surface area contributed by atoms with E-state index in [0.29, 0.717) is 31.7 Å². The topological polar surface area (TPSA) is 60.9 Å². The molecule has 0 bridgehead atoms. The Kier molecular flexibility index (Phi) is 6.35. The number of rotatable bonds is 4. The summed E-state index contributed by atoms with van der Waals surface area (Å²) in [5, 5.41) is 0. The Morgan fingerprint density at radius 3 is 2.37 bits per heavy atom. The Morgan fingerprint density at radius 2 is 1.67 bits per heavy atom. The van der Waals surface area contributed by atoms with E-state index >= 15 is 0 Å². The predicted molar refractivity (Wildman–Crippen MR) is 110 cm³/mol. The molecule has 1 aromatic carbocycles. The molecule has 162 valence electrons. The van der Waals surface area contributed by atoms with E-state index in [-0.39, 0.29) is 30.2 Å². The van der Waals surface area contributed by atoms with Crippen LogP contribution >= 0.6 is 0 Å². The molecule has 1 aromatic rings. The van der Waals surface area contributed by atoms with E-state index in [1.54, 1.807) is 17.0 Å². The van der Waals surface area contributed by atoms with Gasteiger partial charge in [-0.15, -0.1) is 0 Å². The number of hydrogen-bond donors (Lipinski definition) is 0. The molecule has 0 aromatic heterocycles. The van der Waals surface area contributed by atoms with Crippen molar-refractivity contribution in [2.45, 2.75) is 57.5 Å². The van der Waals surface area contributed by atoms with E-state index in [0.717, 1.165) is 38.5 Å². The van der Waals surface area contributed by atoms with E-state index < -0.39 is 11.8 Å². The molecule has 3 fully saturated rings. The Balaban J connectivity index is 1.30. The van der Waals surface area contributed by atoms with Crippen LogP contribution in [-0.2, 0) is 20.9 Å². The normalized spacial score (nSPS) is 22.0. The van der Waals surface area contributed by atoms with Crippen molar-refractivity contribution in [1.29, 1.82) is 0 Å². The van der Waals surface area contributed by atoms with Gasteiger partial charge in [0, 0.05) is 44.7 Å². The van der Waals surface area contributed by atoms with Crippen molar-refractivity contribution in [2.24, 2.45) is 5.92 Å². The van der Waals surface area contributed by atoms with Crippen LogP contribution in [0.1, 0.15) is 50.5 Å². The van der Waals surface area contributed by atoms with Gasteiger partial charge in [0.25, 0.3) is 0 Å². The molecule has 1 saturated carbocycles. The maximum atomic E-state index is 13.4. The van der Waals surface area contributed by atoms with Gasteiger partial charge in [0.05, 0.1) is 0 Å². The summed E-state index contributed by atoms with van der Waals surface area (Å²) in [6, 6.07) is 6.12. The number of carbonyl (C=O) groups is 3. The molecule has 30 heavy (non-hydrogen) atoms. The zero-order valence-corrected chi connectivity index (χ0v) is 17.4. The molecule has 0 spiro atoms. The molecule has 0 atom stereocenters. The lowest BCUT2D eigenvalue weighted by molar-refractivity contribution is -0.159. The van der Waals surface area contributed by atoms with Gasteiger partial charge >= 0.3 is 11.8 Å². The largest absolute Gasteiger partial charge is 0.342 e. The molecular formula is C23H30FN3O3. The molecule has 0 N–H and O–H groups in total. The SMILES string of the molecule is O=C1C(=O)N(C2CCN(C(=O)C3CCCCC3)CC2)CCN1Cc1cccc(F)c1. The number of likely N-dealkylation sites (tertiary alicyclic amines) is 1. The fraction of sp³-hybridized carbons (Fsp3) is 0.609. The van der Waals surface area contributed by atoms with E-state index in [4.69, 9.17) is 0 Å². The first-order valence-electron chi connectivity index (χ1n) is 11.2. The third kappa shape index (κ3) is 4.50. The van der Waals surface area contributed by atoms with Crippen molar-refractivity contribution < 1.29 is 18.8 Å². The summed E-state index contributed by atoms with van der Waals surface area (Å²) >= 11 is 0. The number of hydrogen-bond acceptors (Lipinski definition) is 3. The fourth-order valence-corrected chi connectivity index (χ4v) is 5.05. The van der Waals surface area contributed by atoms with Crippen molar-refractivity contribution in [3.63, 3.8) is 0 Å². The van der Waals surface area contributed by atoms with Crippen molar-refractivity contribution in [3.8, 4) is 0 Å². The highest BCUT2D eigenvalue weighted by Gasteiger charge is 2.38. The highest BCUT2D eigenvalue weighted by Crippen LogP contribution is 2.28. The van der Waals surface area contributed by atoms with Crippen LogP contribution in [0.25, 0.3) is 0 Å². The van der Waals surface area contributed by atoms with Gasteiger partial charge in [-0.3, -0.25) is 14.4 Å². The van der Waals surface area contributed by atoms with Crippen molar-refractivity contribution in [1.82, 2.24) is 14.7 Å². The van der Waals surface area contributed by atoms with Crippen LogP contribution in [0.15, 0.2) is 24.3 Å². The van der Waals surface area contributed by atoms with Gasteiger partial charge in [0.2, 0.25) is 5.91 Å². The molecule has 6 nitrogen and oxygen atoms in total. The van der Waals surface area contributed by atoms with E-state index in [2.05, 4.69) is 0 Å². The van der Waals surface area contributed by atoms with Crippen molar-refractivity contribution >= 4 is 17.7 Å². The third-order valence-electron chi connectivity index (χ3n) is 6.78. The number of piperazine rings is 1. The number of nitrogens with zero attached hydrogens (tertiary/aromatic N) is 3. The number of carbonyl (C=O) groups excluding carboxylic acids is 3. The molecule has 7 heteroatoms. The van der Waals surface area contributed by atoms with Gasteiger partial charge in [-0.05, 0) is 43.4 Å². The second kappa shape index (κ2) is 9.14. The van der Waals surface area contributed by atoms with Crippen LogP contribution in [0.4, 0.5) is 4.39 Å². The van der Waals surface area contributed by atoms with Crippen molar-refractivity contribution in [3.05, 3.63) is 35.6 Å². The zero-order valence-electron chi connectivity index (χ0n) is 17.4. The molecule has 4 rings (SSSR count). The Bertz CT molecular complexity index is 801. The van der Waals surface area contributed by atoms with Gasteiger partial charge in [0.15, 0.2) is 0 Å². The Labute approximate surface area is 177 Å². The predicted octanol–water partition coefficient (Wildman–Crippen LogP) is 2.57. The van der Waals surface area contributed by atoms with E-state index in [1.165, 1.54) is 23.5 Å². The Morgan fingerprint density at radius 1 is 0.933 bits per heavy atom. The summed E-state index contributed by atoms with van der Waals surface area (Å²) in [7, 11) is 0. The van der Waals surface area contributed by atoms with Crippen LogP contribution in [0.3, 0.4) is 0 Å². The molecule has 2 saturated heterocycles. The second-order valence-electron chi connectivity index (χ2n) is 8.75. The van der Waals surface area contributed by atoms with Crippen LogP contribution < -0.4 is 0 Å². The molecule has 2 heterocycles. The molecule has 2 aliphatic heterocycles. The fourth-order valence-electron chi connectivity index (χ4n) is 5.05. The maximum absolute atomic E-state index is 13.4. The van der Waals surface area contributed by atoms with Gasteiger partial charge in [-0.2, -0.15) is 0 Å². The van der Waals surface area contributed by atoms with E-state index in [9.17, 15) is 18.8 Å². The molecule has 1 aliphatic carbocycles.